The highest BCUT2D eigenvalue weighted by Gasteiger charge is 2.44. The van der Waals surface area contributed by atoms with Crippen molar-refractivity contribution in [3.8, 4) is 5.75 Å². The summed E-state index contributed by atoms with van der Waals surface area (Å²) in [5.74, 6) is 0.892. The van der Waals surface area contributed by atoms with E-state index in [9.17, 15) is 13.2 Å². The third-order valence-electron chi connectivity index (χ3n) is 6.06. The maximum absolute atomic E-state index is 13.3. The molecular weight excluding hydrogens is 379 g/mol. The first kappa shape index (κ1) is 20.1. The van der Waals surface area contributed by atoms with Crippen LogP contribution in [0.15, 0.2) is 30.3 Å². The average molecular weight is 407 g/mol. The van der Waals surface area contributed by atoms with Crippen molar-refractivity contribution in [2.45, 2.75) is 58.0 Å². The summed E-state index contributed by atoms with van der Waals surface area (Å²) in [7, 11) is 0. The van der Waals surface area contributed by atoms with E-state index in [0.717, 1.165) is 48.6 Å². The fraction of sp³-hybridized carbons (Fsp3) is 0.545. The molecule has 158 valence electrons. The average Bonchev–Trinajstić information content (AvgIpc) is 3.10. The van der Waals surface area contributed by atoms with Gasteiger partial charge in [-0.25, -0.2) is 0 Å². The molecule has 4 nitrogen and oxygen atoms in total. The van der Waals surface area contributed by atoms with Crippen LogP contribution in [-0.2, 0) is 18.3 Å². The number of hydrogen-bond acceptors (Lipinski definition) is 3. The minimum Gasteiger partial charge on any atom is -0.491 e. The smallest absolute Gasteiger partial charge is 0.431 e. The number of aromatic nitrogens is 1. The number of halogens is 3. The molecule has 3 heterocycles. The lowest BCUT2D eigenvalue weighted by atomic mass is 9.83. The molecule has 4 rings (SSSR count). The molecule has 1 saturated heterocycles. The van der Waals surface area contributed by atoms with E-state index in [2.05, 4.69) is 22.3 Å². The number of hydrogen-bond donors (Lipinski definition) is 1. The van der Waals surface area contributed by atoms with Crippen LogP contribution in [0.1, 0.15) is 43.6 Å². The number of rotatable bonds is 3. The Bertz CT molecular complexity index is 880. The van der Waals surface area contributed by atoms with Gasteiger partial charge >= 0.3 is 6.18 Å². The van der Waals surface area contributed by atoms with Crippen molar-refractivity contribution in [1.82, 2.24) is 9.88 Å². The molecule has 2 aliphatic heterocycles. The lowest BCUT2D eigenvalue weighted by molar-refractivity contribution is -0.144. The first-order valence-corrected chi connectivity index (χ1v) is 10.2. The number of aryl methyl sites for hydroxylation is 1. The highest BCUT2D eigenvalue weighted by molar-refractivity contribution is 5.53. The van der Waals surface area contributed by atoms with Gasteiger partial charge in [-0.1, -0.05) is 0 Å². The van der Waals surface area contributed by atoms with Gasteiger partial charge in [0.25, 0.3) is 0 Å². The van der Waals surface area contributed by atoms with Gasteiger partial charge in [0.1, 0.15) is 11.4 Å². The Morgan fingerprint density at radius 2 is 1.79 bits per heavy atom. The van der Waals surface area contributed by atoms with Crippen LogP contribution in [0.3, 0.4) is 0 Å². The van der Waals surface area contributed by atoms with Crippen LogP contribution in [-0.4, -0.2) is 30.3 Å². The molecule has 2 aromatic rings. The van der Waals surface area contributed by atoms with Gasteiger partial charge in [0.2, 0.25) is 0 Å². The number of fused-ring (bicyclic) bond motifs is 2. The molecule has 7 heteroatoms. The molecule has 1 fully saturated rings. The molecule has 0 amide bonds. The van der Waals surface area contributed by atoms with Crippen molar-refractivity contribution in [2.24, 2.45) is 0 Å². The van der Waals surface area contributed by atoms with Crippen molar-refractivity contribution in [3.63, 3.8) is 0 Å². The fourth-order valence-corrected chi connectivity index (χ4v) is 4.67. The van der Waals surface area contributed by atoms with E-state index in [1.165, 1.54) is 10.6 Å². The second kappa shape index (κ2) is 7.27. The minimum absolute atomic E-state index is 0.129. The van der Waals surface area contributed by atoms with Gasteiger partial charge in [0, 0.05) is 37.6 Å². The van der Waals surface area contributed by atoms with Gasteiger partial charge in [-0.3, -0.25) is 0 Å². The molecule has 1 N–H and O–H groups in total. The molecule has 0 unspecified atom stereocenters. The van der Waals surface area contributed by atoms with Gasteiger partial charge in [-0.05, 0) is 69.5 Å². The molecular formula is C22H28F3N3O. The first-order valence-electron chi connectivity index (χ1n) is 10.2. The van der Waals surface area contributed by atoms with E-state index in [1.54, 1.807) is 6.07 Å². The molecule has 0 saturated carbocycles. The lowest BCUT2D eigenvalue weighted by Gasteiger charge is -2.46. The second-order valence-electron chi connectivity index (χ2n) is 8.37. The number of nitrogens with one attached hydrogen (secondary N) is 1. The van der Waals surface area contributed by atoms with Crippen LogP contribution in [0.25, 0.3) is 0 Å². The van der Waals surface area contributed by atoms with Crippen molar-refractivity contribution in [2.75, 3.05) is 24.5 Å². The summed E-state index contributed by atoms with van der Waals surface area (Å²) in [5.41, 5.74) is 2.08. The maximum Gasteiger partial charge on any atom is 0.431 e. The van der Waals surface area contributed by atoms with E-state index >= 15 is 0 Å². The van der Waals surface area contributed by atoms with E-state index in [1.807, 2.05) is 26.8 Å². The van der Waals surface area contributed by atoms with Crippen molar-refractivity contribution >= 4 is 5.69 Å². The SMILES string of the molecule is Cc1cc(N2CCC3(CC2)NCCn2c(C(F)(F)F)ccc23)ccc1OC(C)C. The zero-order valence-electron chi connectivity index (χ0n) is 17.1. The number of alkyl halides is 3. The van der Waals surface area contributed by atoms with Crippen molar-refractivity contribution in [1.29, 1.82) is 0 Å². The van der Waals surface area contributed by atoms with Gasteiger partial charge in [0.15, 0.2) is 0 Å². The largest absolute Gasteiger partial charge is 0.491 e. The Hall–Kier alpha value is -2.15. The summed E-state index contributed by atoms with van der Waals surface area (Å²) in [6.45, 7) is 8.57. The highest BCUT2D eigenvalue weighted by Crippen LogP contribution is 2.41. The van der Waals surface area contributed by atoms with Crippen LogP contribution in [0.5, 0.6) is 5.75 Å². The predicted octanol–water partition coefficient (Wildman–Crippen LogP) is 4.70. The van der Waals surface area contributed by atoms with Gasteiger partial charge in [-0.2, -0.15) is 13.2 Å². The molecule has 0 radical (unpaired) electrons. The van der Waals surface area contributed by atoms with Crippen molar-refractivity contribution < 1.29 is 17.9 Å². The highest BCUT2D eigenvalue weighted by atomic mass is 19.4. The molecule has 1 aromatic heterocycles. The summed E-state index contributed by atoms with van der Waals surface area (Å²) < 4.78 is 47.3. The Balaban J connectivity index is 1.52. The van der Waals surface area contributed by atoms with E-state index in [4.69, 9.17) is 4.74 Å². The fourth-order valence-electron chi connectivity index (χ4n) is 4.67. The number of benzene rings is 1. The summed E-state index contributed by atoms with van der Waals surface area (Å²) in [6.07, 6.45) is -2.63. The third kappa shape index (κ3) is 3.72. The maximum atomic E-state index is 13.3. The topological polar surface area (TPSA) is 29.4 Å². The molecule has 1 spiro atoms. The van der Waals surface area contributed by atoms with Gasteiger partial charge in [0.05, 0.1) is 11.6 Å². The summed E-state index contributed by atoms with van der Waals surface area (Å²) >= 11 is 0. The minimum atomic E-state index is -4.31. The Labute approximate surface area is 169 Å². The van der Waals surface area contributed by atoms with E-state index < -0.39 is 11.9 Å². The lowest BCUT2D eigenvalue weighted by Crippen LogP contribution is -2.55. The van der Waals surface area contributed by atoms with Crippen LogP contribution >= 0.6 is 0 Å². The van der Waals surface area contributed by atoms with E-state index in [-0.39, 0.29) is 11.6 Å². The standard InChI is InChI=1S/C22H28F3N3O/c1-15(2)29-18-5-4-17(14-16(18)3)27-11-8-21(9-12-27)19-6-7-20(22(23,24)25)28(19)13-10-26-21/h4-7,14-15,26H,8-13H2,1-3H3. The first-order chi connectivity index (χ1) is 13.7. The quantitative estimate of drug-likeness (QED) is 0.800. The molecule has 0 atom stereocenters. The monoisotopic (exact) mass is 407 g/mol. The Morgan fingerprint density at radius 3 is 2.41 bits per heavy atom. The predicted molar refractivity (Wildman–Crippen MR) is 108 cm³/mol. The Morgan fingerprint density at radius 1 is 1.07 bits per heavy atom. The molecule has 2 aliphatic rings. The summed E-state index contributed by atoms with van der Waals surface area (Å²) in [6, 6.07) is 9.10. The van der Waals surface area contributed by atoms with Gasteiger partial charge in [-0.15, -0.1) is 0 Å². The molecule has 0 bridgehead atoms. The normalized spacial score (nSPS) is 18.9. The zero-order valence-corrected chi connectivity index (χ0v) is 17.1. The number of piperidine rings is 1. The van der Waals surface area contributed by atoms with Crippen LogP contribution in [0.2, 0.25) is 0 Å². The molecule has 1 aromatic carbocycles. The van der Waals surface area contributed by atoms with E-state index in [0.29, 0.717) is 13.1 Å². The molecule has 0 aliphatic carbocycles. The van der Waals surface area contributed by atoms with Crippen LogP contribution < -0.4 is 15.0 Å². The molecule has 29 heavy (non-hydrogen) atoms. The van der Waals surface area contributed by atoms with Crippen LogP contribution in [0.4, 0.5) is 18.9 Å². The van der Waals surface area contributed by atoms with Crippen LogP contribution in [0, 0.1) is 6.92 Å². The second-order valence-corrected chi connectivity index (χ2v) is 8.37. The summed E-state index contributed by atoms with van der Waals surface area (Å²) in [5, 5.41) is 3.53. The number of ether oxygens (including phenoxy) is 1. The number of nitrogens with zero attached hydrogens (tertiary/aromatic N) is 2. The van der Waals surface area contributed by atoms with Crippen molar-refractivity contribution in [3.05, 3.63) is 47.3 Å². The number of anilines is 1. The third-order valence-corrected chi connectivity index (χ3v) is 6.06. The summed E-state index contributed by atoms with van der Waals surface area (Å²) in [4.78, 5) is 2.31. The van der Waals surface area contributed by atoms with Gasteiger partial charge < -0.3 is 19.5 Å². The zero-order chi connectivity index (χ0) is 20.8. The Kier molecular flexibility index (Phi) is 5.05.